The number of rotatable bonds is 0. The van der Waals surface area contributed by atoms with Gasteiger partial charge in [-0.05, 0) is 12.1 Å². The number of ether oxygens (including phenoxy) is 9. The van der Waals surface area contributed by atoms with Gasteiger partial charge >= 0.3 is 0 Å². The van der Waals surface area contributed by atoms with Gasteiger partial charge in [-0.2, -0.15) is 0 Å². The third-order valence-corrected chi connectivity index (χ3v) is 4.05. The molecular weight excluding hydrogens is 408 g/mol. The molecule has 0 fully saturated rings. The molecule has 0 bridgehead atoms. The van der Waals surface area contributed by atoms with Crippen molar-refractivity contribution >= 4 is 0 Å². The Morgan fingerprint density at radius 2 is 0.548 bits per heavy atom. The van der Waals surface area contributed by atoms with Crippen molar-refractivity contribution in [3.05, 3.63) is 24.3 Å². The highest BCUT2D eigenvalue weighted by atomic mass is 16.6. The van der Waals surface area contributed by atoms with E-state index in [0.29, 0.717) is 117 Å². The van der Waals surface area contributed by atoms with Crippen LogP contribution in [0.5, 0.6) is 11.5 Å². The molecule has 0 saturated heterocycles. The zero-order valence-electron chi connectivity index (χ0n) is 18.3. The van der Waals surface area contributed by atoms with Gasteiger partial charge in [0.1, 0.15) is 13.2 Å². The first kappa shape index (κ1) is 25.8. The summed E-state index contributed by atoms with van der Waals surface area (Å²) in [6.45, 7) is 8.09. The summed E-state index contributed by atoms with van der Waals surface area (Å²) in [5.74, 6) is 1.37. The second-order valence-corrected chi connectivity index (χ2v) is 6.43. The minimum Gasteiger partial charge on any atom is -0.487 e. The van der Waals surface area contributed by atoms with Crippen molar-refractivity contribution in [2.75, 3.05) is 106 Å². The molecule has 1 aliphatic heterocycles. The Hall–Kier alpha value is -1.46. The molecule has 1 heterocycles. The minimum atomic E-state index is 0.432. The predicted molar refractivity (Wildman–Crippen MR) is 113 cm³/mol. The van der Waals surface area contributed by atoms with E-state index in [2.05, 4.69) is 0 Å². The Balaban J connectivity index is 1.64. The quantitative estimate of drug-likeness (QED) is 0.592. The SMILES string of the molecule is c1ccc2c(c1)OCCOCCOCCOCCOCCOCCOCCOCCO2. The van der Waals surface area contributed by atoms with Gasteiger partial charge in [-0.1, -0.05) is 12.1 Å². The molecule has 178 valence electrons. The van der Waals surface area contributed by atoms with Crippen molar-refractivity contribution in [2.45, 2.75) is 0 Å². The number of benzene rings is 1. The van der Waals surface area contributed by atoms with Gasteiger partial charge in [-0.25, -0.2) is 0 Å². The van der Waals surface area contributed by atoms with Crippen molar-refractivity contribution in [1.82, 2.24) is 0 Å². The van der Waals surface area contributed by atoms with Crippen molar-refractivity contribution < 1.29 is 42.6 Å². The summed E-state index contributed by atoms with van der Waals surface area (Å²) in [5, 5.41) is 0. The van der Waals surface area contributed by atoms with E-state index in [1.54, 1.807) is 0 Å². The monoisotopic (exact) mass is 444 g/mol. The molecule has 0 saturated carbocycles. The summed E-state index contributed by atoms with van der Waals surface area (Å²) in [6, 6.07) is 7.56. The standard InChI is InChI=1S/C22H36O9/c1-2-4-22-21(3-1)30-19-17-28-15-13-26-11-9-24-7-5-23-6-8-25-10-12-27-14-16-29-18-20-31-22/h1-4H,5-20H2. The van der Waals surface area contributed by atoms with E-state index in [4.69, 9.17) is 42.6 Å². The maximum Gasteiger partial charge on any atom is 0.161 e. The van der Waals surface area contributed by atoms with E-state index in [1.165, 1.54) is 0 Å². The highest BCUT2D eigenvalue weighted by Gasteiger charge is 2.04. The van der Waals surface area contributed by atoms with Gasteiger partial charge in [0, 0.05) is 0 Å². The Labute approximate surface area is 184 Å². The molecule has 0 aliphatic carbocycles. The van der Waals surface area contributed by atoms with Crippen LogP contribution in [-0.2, 0) is 33.2 Å². The van der Waals surface area contributed by atoms with E-state index in [-0.39, 0.29) is 0 Å². The number of fused-ring (bicyclic) bond motifs is 1. The van der Waals surface area contributed by atoms with Gasteiger partial charge in [0.05, 0.1) is 92.5 Å². The maximum absolute atomic E-state index is 5.76. The van der Waals surface area contributed by atoms with E-state index in [1.807, 2.05) is 24.3 Å². The Morgan fingerprint density at radius 1 is 0.323 bits per heavy atom. The van der Waals surface area contributed by atoms with Crippen LogP contribution in [0.1, 0.15) is 0 Å². The summed E-state index contributed by atoms with van der Waals surface area (Å²) < 4.78 is 49.8. The number of hydrogen-bond donors (Lipinski definition) is 0. The maximum atomic E-state index is 5.76. The van der Waals surface area contributed by atoms with Crippen LogP contribution in [0, 0.1) is 0 Å². The van der Waals surface area contributed by atoms with Crippen molar-refractivity contribution in [3.8, 4) is 11.5 Å². The summed E-state index contributed by atoms with van der Waals surface area (Å²) in [6.07, 6.45) is 0. The smallest absolute Gasteiger partial charge is 0.161 e. The number of para-hydroxylation sites is 2. The first-order valence-corrected chi connectivity index (χ1v) is 10.9. The van der Waals surface area contributed by atoms with Crippen LogP contribution in [0.15, 0.2) is 24.3 Å². The Kier molecular flexibility index (Phi) is 16.0. The zero-order valence-corrected chi connectivity index (χ0v) is 18.3. The molecule has 1 aliphatic rings. The predicted octanol–water partition coefficient (Wildman–Crippen LogP) is 1.57. The molecule has 2 rings (SSSR count). The lowest BCUT2D eigenvalue weighted by Gasteiger charge is -2.13. The van der Waals surface area contributed by atoms with Crippen molar-refractivity contribution in [3.63, 3.8) is 0 Å². The third-order valence-electron chi connectivity index (χ3n) is 4.05. The molecule has 0 aromatic heterocycles. The second-order valence-electron chi connectivity index (χ2n) is 6.43. The average molecular weight is 445 g/mol. The molecule has 0 radical (unpaired) electrons. The second kappa shape index (κ2) is 19.2. The van der Waals surface area contributed by atoms with Crippen LogP contribution in [0.25, 0.3) is 0 Å². The molecule has 1 aromatic carbocycles. The fourth-order valence-corrected chi connectivity index (χ4v) is 2.53. The first-order valence-electron chi connectivity index (χ1n) is 10.9. The lowest BCUT2D eigenvalue weighted by molar-refractivity contribution is -0.0215. The van der Waals surface area contributed by atoms with E-state index < -0.39 is 0 Å². The van der Waals surface area contributed by atoms with E-state index >= 15 is 0 Å². The molecule has 0 unspecified atom stereocenters. The lowest BCUT2D eigenvalue weighted by atomic mass is 10.3. The van der Waals surface area contributed by atoms with Gasteiger partial charge in [-0.15, -0.1) is 0 Å². The van der Waals surface area contributed by atoms with Crippen molar-refractivity contribution in [1.29, 1.82) is 0 Å². The largest absolute Gasteiger partial charge is 0.487 e. The van der Waals surface area contributed by atoms with Gasteiger partial charge in [0.15, 0.2) is 11.5 Å². The molecule has 0 N–H and O–H groups in total. The highest BCUT2D eigenvalue weighted by molar-refractivity contribution is 5.39. The van der Waals surface area contributed by atoms with Crippen LogP contribution in [-0.4, -0.2) is 106 Å². The lowest BCUT2D eigenvalue weighted by Crippen LogP contribution is -2.15. The van der Waals surface area contributed by atoms with Crippen LogP contribution < -0.4 is 9.47 Å². The molecule has 0 atom stereocenters. The van der Waals surface area contributed by atoms with Crippen molar-refractivity contribution in [2.24, 2.45) is 0 Å². The minimum absolute atomic E-state index is 0.432. The fraction of sp³-hybridized carbons (Fsp3) is 0.727. The topological polar surface area (TPSA) is 83.1 Å². The van der Waals surface area contributed by atoms with Gasteiger partial charge < -0.3 is 42.6 Å². The van der Waals surface area contributed by atoms with E-state index in [0.717, 1.165) is 0 Å². The molecule has 1 aromatic rings. The van der Waals surface area contributed by atoms with E-state index in [9.17, 15) is 0 Å². The summed E-state index contributed by atoms with van der Waals surface area (Å²) in [4.78, 5) is 0. The van der Waals surface area contributed by atoms with Gasteiger partial charge in [0.25, 0.3) is 0 Å². The molecule has 31 heavy (non-hydrogen) atoms. The summed E-state index contributed by atoms with van der Waals surface area (Å²) in [5.41, 5.74) is 0. The molecular formula is C22H36O9. The van der Waals surface area contributed by atoms with Crippen LogP contribution in [0.4, 0.5) is 0 Å². The third kappa shape index (κ3) is 14.3. The average Bonchev–Trinajstić information content (AvgIpc) is 2.79. The summed E-state index contributed by atoms with van der Waals surface area (Å²) in [7, 11) is 0. The van der Waals surface area contributed by atoms with Crippen LogP contribution in [0.2, 0.25) is 0 Å². The summed E-state index contributed by atoms with van der Waals surface area (Å²) >= 11 is 0. The molecule has 0 spiro atoms. The molecule has 9 nitrogen and oxygen atoms in total. The number of hydrogen-bond acceptors (Lipinski definition) is 9. The van der Waals surface area contributed by atoms with Crippen LogP contribution in [0.3, 0.4) is 0 Å². The molecule has 9 heteroatoms. The Bertz CT molecular complexity index is 484. The Morgan fingerprint density at radius 3 is 0.806 bits per heavy atom. The van der Waals surface area contributed by atoms with Crippen LogP contribution >= 0.6 is 0 Å². The van der Waals surface area contributed by atoms with Gasteiger partial charge in [-0.3, -0.25) is 0 Å². The first-order chi connectivity index (χ1) is 15.5. The fourth-order valence-electron chi connectivity index (χ4n) is 2.53. The molecule has 0 amide bonds. The zero-order chi connectivity index (χ0) is 21.7. The normalized spacial score (nSPS) is 21.0. The van der Waals surface area contributed by atoms with Gasteiger partial charge in [0.2, 0.25) is 0 Å². The highest BCUT2D eigenvalue weighted by Crippen LogP contribution is 2.26.